The number of sulfonamides is 1. The fraction of sp³-hybridized carbons (Fsp3) is 0.440. The van der Waals surface area contributed by atoms with Crippen molar-refractivity contribution in [3.8, 4) is 5.75 Å². The van der Waals surface area contributed by atoms with Gasteiger partial charge in [-0.25, -0.2) is 8.42 Å². The zero-order chi connectivity index (χ0) is 24.9. The number of hydrogen-bond donors (Lipinski definition) is 1. The van der Waals surface area contributed by atoms with Crippen LogP contribution in [0.15, 0.2) is 47.4 Å². The predicted molar refractivity (Wildman–Crippen MR) is 131 cm³/mol. The van der Waals surface area contributed by atoms with Crippen LogP contribution < -0.4 is 14.4 Å². The molecule has 1 fully saturated rings. The first kappa shape index (κ1) is 25.6. The summed E-state index contributed by atoms with van der Waals surface area (Å²) >= 11 is 0. The summed E-state index contributed by atoms with van der Waals surface area (Å²) in [5.74, 6) is 0.585. The highest BCUT2D eigenvalue weighted by Crippen LogP contribution is 2.29. The van der Waals surface area contributed by atoms with Crippen LogP contribution >= 0.6 is 0 Å². The van der Waals surface area contributed by atoms with Gasteiger partial charge in [-0.3, -0.25) is 13.9 Å². The summed E-state index contributed by atoms with van der Waals surface area (Å²) in [6, 6.07) is 12.0. The topological polar surface area (TPSA) is 96.0 Å². The van der Waals surface area contributed by atoms with E-state index in [1.165, 1.54) is 4.31 Å². The van der Waals surface area contributed by atoms with Gasteiger partial charge in [0.25, 0.3) is 10.0 Å². The first-order valence-corrected chi connectivity index (χ1v) is 12.8. The molecule has 1 saturated heterocycles. The Morgan fingerprint density at radius 3 is 2.47 bits per heavy atom. The lowest BCUT2D eigenvalue weighted by Gasteiger charge is -2.26. The van der Waals surface area contributed by atoms with Gasteiger partial charge in [-0.15, -0.1) is 0 Å². The van der Waals surface area contributed by atoms with E-state index in [0.717, 1.165) is 12.0 Å². The molecule has 0 bridgehead atoms. The van der Waals surface area contributed by atoms with Crippen molar-refractivity contribution >= 4 is 27.5 Å². The molecule has 1 atom stereocenters. The SMILES string of the molecule is CNC(=O)C[C@H]1CCN(C(=O)CCN(c2ccc(OC)cc2)S(=O)(=O)c2ccc(C)cc2C)C1. The molecular formula is C25H33N3O5S. The monoisotopic (exact) mass is 487 g/mol. The molecule has 0 unspecified atom stereocenters. The first-order chi connectivity index (χ1) is 16.1. The van der Waals surface area contributed by atoms with E-state index in [-0.39, 0.29) is 35.6 Å². The molecule has 1 aliphatic heterocycles. The highest BCUT2D eigenvalue weighted by atomic mass is 32.2. The maximum absolute atomic E-state index is 13.7. The fourth-order valence-electron chi connectivity index (χ4n) is 4.29. The lowest BCUT2D eigenvalue weighted by atomic mass is 10.0. The van der Waals surface area contributed by atoms with E-state index in [2.05, 4.69) is 5.32 Å². The van der Waals surface area contributed by atoms with Gasteiger partial charge < -0.3 is 15.0 Å². The number of hydrogen-bond acceptors (Lipinski definition) is 5. The molecule has 3 rings (SSSR count). The van der Waals surface area contributed by atoms with Crippen LogP contribution in [0.4, 0.5) is 5.69 Å². The van der Waals surface area contributed by atoms with Crippen LogP contribution in [0.25, 0.3) is 0 Å². The first-order valence-electron chi connectivity index (χ1n) is 11.4. The Kier molecular flexibility index (Phi) is 8.19. The van der Waals surface area contributed by atoms with Crippen LogP contribution in [-0.2, 0) is 19.6 Å². The third-order valence-corrected chi connectivity index (χ3v) is 8.17. The third-order valence-electron chi connectivity index (χ3n) is 6.18. The van der Waals surface area contributed by atoms with E-state index in [1.54, 1.807) is 62.4 Å². The molecular weight excluding hydrogens is 454 g/mol. The van der Waals surface area contributed by atoms with Gasteiger partial charge in [-0.05, 0) is 62.1 Å². The van der Waals surface area contributed by atoms with Crippen LogP contribution in [0, 0.1) is 19.8 Å². The second-order valence-electron chi connectivity index (χ2n) is 8.67. The standard InChI is InChI=1S/C25H33N3O5S/c1-18-5-10-23(19(2)15-18)34(31,32)28(21-6-8-22(33-4)9-7-21)14-12-25(30)27-13-11-20(17-27)16-24(29)26-3/h5-10,15,20H,11-14,16-17H2,1-4H3,(H,26,29)/t20-/m1/s1. The van der Waals surface area contributed by atoms with Gasteiger partial charge in [0.15, 0.2) is 0 Å². The zero-order valence-electron chi connectivity index (χ0n) is 20.2. The molecule has 1 heterocycles. The number of rotatable bonds is 9. The third kappa shape index (κ3) is 5.88. The maximum Gasteiger partial charge on any atom is 0.264 e. The average molecular weight is 488 g/mol. The van der Waals surface area contributed by atoms with Crippen molar-refractivity contribution in [2.75, 3.05) is 38.1 Å². The van der Waals surface area contributed by atoms with E-state index in [1.807, 2.05) is 13.0 Å². The summed E-state index contributed by atoms with van der Waals surface area (Å²) in [7, 11) is -0.753. The van der Waals surface area contributed by atoms with Crippen LogP contribution in [0.3, 0.4) is 0 Å². The molecule has 0 aliphatic carbocycles. The molecule has 0 radical (unpaired) electrons. The highest BCUT2D eigenvalue weighted by molar-refractivity contribution is 7.92. The second kappa shape index (κ2) is 10.9. The summed E-state index contributed by atoms with van der Waals surface area (Å²) in [6.07, 6.45) is 1.20. The molecule has 2 aromatic rings. The molecule has 34 heavy (non-hydrogen) atoms. The van der Waals surface area contributed by atoms with Crippen molar-refractivity contribution in [3.05, 3.63) is 53.6 Å². The number of nitrogens with one attached hydrogen (secondary N) is 1. The van der Waals surface area contributed by atoms with E-state index < -0.39 is 10.0 Å². The lowest BCUT2D eigenvalue weighted by molar-refractivity contribution is -0.130. The Labute approximate surface area is 201 Å². The molecule has 1 N–H and O–H groups in total. The smallest absolute Gasteiger partial charge is 0.264 e. The van der Waals surface area contributed by atoms with Gasteiger partial charge in [0.1, 0.15) is 5.75 Å². The van der Waals surface area contributed by atoms with E-state index in [0.29, 0.717) is 36.5 Å². The molecule has 184 valence electrons. The molecule has 2 amide bonds. The number of amides is 2. The van der Waals surface area contributed by atoms with Crippen molar-refractivity contribution in [2.24, 2.45) is 5.92 Å². The summed E-state index contributed by atoms with van der Waals surface area (Å²) < 4.78 is 33.9. The molecule has 9 heteroatoms. The average Bonchev–Trinajstić information content (AvgIpc) is 3.27. The number of carbonyl (C=O) groups is 2. The summed E-state index contributed by atoms with van der Waals surface area (Å²) in [4.78, 5) is 26.5. The molecule has 0 saturated carbocycles. The minimum absolute atomic E-state index is 0.0113. The minimum Gasteiger partial charge on any atom is -0.497 e. The largest absolute Gasteiger partial charge is 0.497 e. The molecule has 0 aromatic heterocycles. The fourth-order valence-corrected chi connectivity index (χ4v) is 5.96. The van der Waals surface area contributed by atoms with Crippen molar-refractivity contribution in [2.45, 2.75) is 38.0 Å². The number of ether oxygens (including phenoxy) is 1. The van der Waals surface area contributed by atoms with Crippen molar-refractivity contribution in [3.63, 3.8) is 0 Å². The Bertz CT molecular complexity index is 1130. The maximum atomic E-state index is 13.7. The van der Waals surface area contributed by atoms with Crippen LogP contribution in [0.5, 0.6) is 5.75 Å². The van der Waals surface area contributed by atoms with Gasteiger partial charge >= 0.3 is 0 Å². The van der Waals surface area contributed by atoms with Crippen molar-refractivity contribution in [1.82, 2.24) is 10.2 Å². The van der Waals surface area contributed by atoms with E-state index in [9.17, 15) is 18.0 Å². The second-order valence-corrected chi connectivity index (χ2v) is 10.5. The highest BCUT2D eigenvalue weighted by Gasteiger charge is 2.30. The molecule has 0 spiro atoms. The Morgan fingerprint density at radius 2 is 1.85 bits per heavy atom. The van der Waals surface area contributed by atoms with Crippen LogP contribution in [-0.4, -0.2) is 58.9 Å². The summed E-state index contributed by atoms with van der Waals surface area (Å²) in [5.41, 5.74) is 2.09. The Morgan fingerprint density at radius 1 is 1.15 bits per heavy atom. The lowest BCUT2D eigenvalue weighted by Crippen LogP contribution is -2.37. The Balaban J connectivity index is 1.81. The van der Waals surface area contributed by atoms with Crippen LogP contribution in [0.1, 0.15) is 30.4 Å². The van der Waals surface area contributed by atoms with E-state index >= 15 is 0 Å². The zero-order valence-corrected chi connectivity index (χ0v) is 21.0. The van der Waals surface area contributed by atoms with Crippen molar-refractivity contribution in [1.29, 1.82) is 0 Å². The van der Waals surface area contributed by atoms with E-state index in [4.69, 9.17) is 4.74 Å². The van der Waals surface area contributed by atoms with Crippen LogP contribution in [0.2, 0.25) is 0 Å². The quantitative estimate of drug-likeness (QED) is 0.587. The number of likely N-dealkylation sites (tertiary alicyclic amines) is 1. The minimum atomic E-state index is -3.90. The Hall–Kier alpha value is -3.07. The van der Waals surface area contributed by atoms with Gasteiger partial charge in [-0.2, -0.15) is 0 Å². The van der Waals surface area contributed by atoms with Gasteiger partial charge in [0.2, 0.25) is 11.8 Å². The number of nitrogens with zero attached hydrogens (tertiary/aromatic N) is 2. The molecule has 1 aliphatic rings. The number of anilines is 1. The number of benzene rings is 2. The van der Waals surface area contributed by atoms with Gasteiger partial charge in [-0.1, -0.05) is 17.7 Å². The van der Waals surface area contributed by atoms with Crippen molar-refractivity contribution < 1.29 is 22.7 Å². The summed E-state index contributed by atoms with van der Waals surface area (Å²) in [5, 5.41) is 2.62. The molecule has 2 aromatic carbocycles. The molecule has 8 nitrogen and oxygen atoms in total. The normalized spacial score (nSPS) is 15.8. The number of methoxy groups -OCH3 is 1. The number of aryl methyl sites for hydroxylation is 2. The van der Waals surface area contributed by atoms with Gasteiger partial charge in [0, 0.05) is 39.5 Å². The van der Waals surface area contributed by atoms with Gasteiger partial charge in [0.05, 0.1) is 17.7 Å². The number of carbonyl (C=O) groups excluding carboxylic acids is 2. The summed E-state index contributed by atoms with van der Waals surface area (Å²) in [6.45, 7) is 4.79. The predicted octanol–water partition coefficient (Wildman–Crippen LogP) is 2.88.